The van der Waals surface area contributed by atoms with Crippen molar-refractivity contribution in [3.05, 3.63) is 168 Å². The zero-order valence-corrected chi connectivity index (χ0v) is 26.9. The van der Waals surface area contributed by atoms with Crippen molar-refractivity contribution < 1.29 is 0 Å². The van der Waals surface area contributed by atoms with Crippen LogP contribution in [0.1, 0.15) is 0 Å². The molecule has 0 saturated carbocycles. The van der Waals surface area contributed by atoms with Crippen LogP contribution in [0.2, 0.25) is 0 Å². The lowest BCUT2D eigenvalue weighted by Gasteiger charge is -2.17. The summed E-state index contributed by atoms with van der Waals surface area (Å²) in [5.74, 6) is 0. The minimum Gasteiger partial charge on any atom is -0.319 e. The number of nitrogens with zero attached hydrogens (tertiary/aromatic N) is 4. The number of thiophene rings is 1. The van der Waals surface area contributed by atoms with E-state index >= 15 is 0 Å². The Morgan fingerprint density at radius 2 is 1.06 bits per heavy atom. The SMILES string of the molecule is [C-]#[N+]c1cc(-c2c([N+]#[C-])cccc2-n2c3ccccc3c3c4sc5ccccc5c4ccc32)ccc1-n1c2ccccc2c2ccccc21. The normalized spacial score (nSPS) is 11.6. The molecule has 0 aliphatic heterocycles. The van der Waals surface area contributed by atoms with Gasteiger partial charge in [-0.15, -0.1) is 11.3 Å². The van der Waals surface area contributed by atoms with Crippen LogP contribution in [0, 0.1) is 13.1 Å². The first-order chi connectivity index (χ1) is 24.2. The van der Waals surface area contributed by atoms with Gasteiger partial charge in [0.25, 0.3) is 0 Å². The summed E-state index contributed by atoms with van der Waals surface area (Å²) in [6.45, 7) is 16.6. The highest BCUT2D eigenvalue weighted by molar-refractivity contribution is 7.26. The van der Waals surface area contributed by atoms with E-state index < -0.39 is 0 Å². The average molecular weight is 641 g/mol. The topological polar surface area (TPSA) is 18.6 Å². The summed E-state index contributed by atoms with van der Waals surface area (Å²) < 4.78 is 7.03. The first kappa shape index (κ1) is 27.5. The quantitative estimate of drug-likeness (QED) is 0.171. The van der Waals surface area contributed by atoms with E-state index in [0.717, 1.165) is 55.3 Å². The Labute approximate surface area is 285 Å². The zero-order valence-electron chi connectivity index (χ0n) is 26.1. The van der Waals surface area contributed by atoms with Gasteiger partial charge in [-0.25, -0.2) is 9.69 Å². The van der Waals surface area contributed by atoms with E-state index in [9.17, 15) is 0 Å². The fourth-order valence-corrected chi connectivity index (χ4v) is 9.00. The molecule has 3 heterocycles. The van der Waals surface area contributed by atoms with E-state index in [0.29, 0.717) is 11.4 Å². The largest absolute Gasteiger partial charge is 0.319 e. The Bertz CT molecular complexity index is 3030. The van der Waals surface area contributed by atoms with Gasteiger partial charge < -0.3 is 9.13 Å². The van der Waals surface area contributed by atoms with Gasteiger partial charge in [0.05, 0.1) is 40.9 Å². The van der Waals surface area contributed by atoms with Crippen molar-refractivity contribution in [1.29, 1.82) is 0 Å². The Hall–Kier alpha value is -6.66. The van der Waals surface area contributed by atoms with Gasteiger partial charge >= 0.3 is 0 Å². The van der Waals surface area contributed by atoms with Crippen LogP contribution in [0.3, 0.4) is 0 Å². The maximum Gasteiger partial charge on any atom is 0.211 e. The van der Waals surface area contributed by atoms with Gasteiger partial charge in [-0.1, -0.05) is 97.1 Å². The molecule has 0 fully saturated rings. The number of fused-ring (bicyclic) bond motifs is 10. The van der Waals surface area contributed by atoms with Crippen molar-refractivity contribution in [3.8, 4) is 22.5 Å². The predicted octanol–water partition coefficient (Wildman–Crippen LogP) is 13.0. The number of para-hydroxylation sites is 3. The summed E-state index contributed by atoms with van der Waals surface area (Å²) in [5.41, 5.74) is 8.76. The van der Waals surface area contributed by atoms with E-state index in [1.807, 2.05) is 47.7 Å². The minimum atomic E-state index is 0.531. The van der Waals surface area contributed by atoms with Crippen molar-refractivity contribution in [2.45, 2.75) is 0 Å². The van der Waals surface area contributed by atoms with Crippen molar-refractivity contribution >= 4 is 86.5 Å². The first-order valence-corrected chi connectivity index (χ1v) is 16.9. The third kappa shape index (κ3) is 3.82. The highest BCUT2D eigenvalue weighted by Crippen LogP contribution is 2.46. The predicted molar refractivity (Wildman–Crippen MR) is 206 cm³/mol. The van der Waals surface area contributed by atoms with Gasteiger partial charge in [0.15, 0.2) is 5.69 Å². The van der Waals surface area contributed by atoms with E-state index in [1.165, 1.54) is 30.9 Å². The van der Waals surface area contributed by atoms with Crippen LogP contribution < -0.4 is 0 Å². The lowest BCUT2D eigenvalue weighted by Crippen LogP contribution is -1.98. The summed E-state index contributed by atoms with van der Waals surface area (Å²) in [4.78, 5) is 8.10. The molecule has 226 valence electrons. The molecule has 4 nitrogen and oxygen atoms in total. The van der Waals surface area contributed by atoms with E-state index in [2.05, 4.69) is 128 Å². The van der Waals surface area contributed by atoms with E-state index in [1.54, 1.807) is 0 Å². The van der Waals surface area contributed by atoms with Crippen LogP contribution in [0.25, 0.3) is 96.0 Å². The zero-order chi connectivity index (χ0) is 32.6. The lowest BCUT2D eigenvalue weighted by atomic mass is 9.99. The highest BCUT2D eigenvalue weighted by Gasteiger charge is 2.22. The van der Waals surface area contributed by atoms with Crippen LogP contribution >= 0.6 is 11.3 Å². The van der Waals surface area contributed by atoms with Crippen LogP contribution in [-0.4, -0.2) is 9.13 Å². The monoisotopic (exact) mass is 640 g/mol. The van der Waals surface area contributed by atoms with Gasteiger partial charge in [-0.3, -0.25) is 0 Å². The molecule has 0 aliphatic rings. The number of hydrogen-bond donors (Lipinski definition) is 0. The van der Waals surface area contributed by atoms with Gasteiger partial charge in [0.1, 0.15) is 0 Å². The Morgan fingerprint density at radius 3 is 1.78 bits per heavy atom. The van der Waals surface area contributed by atoms with Crippen LogP contribution in [0.15, 0.2) is 146 Å². The van der Waals surface area contributed by atoms with E-state index in [-0.39, 0.29) is 0 Å². The Morgan fingerprint density at radius 1 is 0.449 bits per heavy atom. The van der Waals surface area contributed by atoms with Gasteiger partial charge in [0.2, 0.25) is 5.69 Å². The summed E-state index contributed by atoms with van der Waals surface area (Å²) in [5, 5.41) is 7.23. The molecule has 3 aromatic heterocycles. The fourth-order valence-electron chi connectivity index (χ4n) is 7.74. The molecule has 10 rings (SSSR count). The number of rotatable bonds is 3. The number of benzene rings is 7. The summed E-state index contributed by atoms with van der Waals surface area (Å²) in [7, 11) is 0. The van der Waals surface area contributed by atoms with Crippen LogP contribution in [0.5, 0.6) is 0 Å². The minimum absolute atomic E-state index is 0.531. The summed E-state index contributed by atoms with van der Waals surface area (Å²) >= 11 is 1.83. The molecule has 49 heavy (non-hydrogen) atoms. The molecule has 0 N–H and O–H groups in total. The maximum atomic E-state index is 8.34. The highest BCUT2D eigenvalue weighted by atomic mass is 32.1. The molecule has 5 heteroatoms. The standard InChI is InChI=1S/C44H24N4S/c1-45-33-16-11-20-39(48-37-19-9-5-15-32(37)43-40(48)25-23-31-30-14-6-10-21-41(30)49-44(31)43)42(33)27-22-24-38(34(26-27)46-2)47-35-17-7-3-12-28(35)29-13-4-8-18-36(29)47/h3-26H. The molecule has 0 atom stereocenters. The molecule has 0 radical (unpaired) electrons. The molecule has 7 aromatic carbocycles. The second-order valence-electron chi connectivity index (χ2n) is 12.3. The molecule has 0 saturated heterocycles. The van der Waals surface area contributed by atoms with Crippen molar-refractivity contribution in [2.75, 3.05) is 0 Å². The van der Waals surface area contributed by atoms with Crippen LogP contribution in [0.4, 0.5) is 11.4 Å². The van der Waals surface area contributed by atoms with Crippen LogP contribution in [-0.2, 0) is 0 Å². The maximum absolute atomic E-state index is 8.34. The molecule has 0 amide bonds. The molecule has 0 bridgehead atoms. The average Bonchev–Trinajstić information content (AvgIpc) is 3.82. The molecule has 0 unspecified atom stereocenters. The molecule has 0 spiro atoms. The Balaban J connectivity index is 1.25. The smallest absolute Gasteiger partial charge is 0.211 e. The molecule has 10 aromatic rings. The Kier molecular flexibility index (Phi) is 5.84. The van der Waals surface area contributed by atoms with Crippen molar-refractivity contribution in [2.24, 2.45) is 0 Å². The lowest BCUT2D eigenvalue weighted by molar-refractivity contribution is 1.18. The van der Waals surface area contributed by atoms with E-state index in [4.69, 9.17) is 13.1 Å². The van der Waals surface area contributed by atoms with Crippen molar-refractivity contribution in [3.63, 3.8) is 0 Å². The second kappa shape index (κ2) is 10.4. The van der Waals surface area contributed by atoms with Gasteiger partial charge in [-0.05, 0) is 54.1 Å². The summed E-state index contributed by atoms with van der Waals surface area (Å²) in [6.07, 6.45) is 0. The van der Waals surface area contributed by atoms with Gasteiger partial charge in [0, 0.05) is 53.0 Å². The van der Waals surface area contributed by atoms with Crippen molar-refractivity contribution in [1.82, 2.24) is 9.13 Å². The third-order valence-corrected chi connectivity index (χ3v) is 11.0. The summed E-state index contributed by atoms with van der Waals surface area (Å²) in [6, 6.07) is 50.3. The van der Waals surface area contributed by atoms with Gasteiger partial charge in [-0.2, -0.15) is 0 Å². The first-order valence-electron chi connectivity index (χ1n) is 16.1. The second-order valence-corrected chi connectivity index (χ2v) is 13.3. The molecule has 0 aliphatic carbocycles. The third-order valence-electron chi connectivity index (χ3n) is 9.77. The number of hydrogen-bond acceptors (Lipinski definition) is 1. The fraction of sp³-hybridized carbons (Fsp3) is 0. The number of aromatic nitrogens is 2. The molecular weight excluding hydrogens is 617 g/mol. The molecular formula is C44H24N4S.